The number of nitrogens with zero attached hydrogens (tertiary/aromatic N) is 2. The maximum absolute atomic E-state index is 14.1. The molecule has 1 aromatic heterocycles. The number of halogens is 1. The van der Waals surface area contributed by atoms with Crippen molar-refractivity contribution in [2.24, 2.45) is 0 Å². The molecule has 0 radical (unpaired) electrons. The van der Waals surface area contributed by atoms with Crippen LogP contribution in [0.4, 0.5) is 9.18 Å². The maximum Gasteiger partial charge on any atom is 0.404 e. The Labute approximate surface area is 250 Å². The minimum absolute atomic E-state index is 0.0325. The van der Waals surface area contributed by atoms with Crippen molar-refractivity contribution in [3.8, 4) is 28.5 Å². The van der Waals surface area contributed by atoms with Gasteiger partial charge in [0.15, 0.2) is 0 Å². The fourth-order valence-electron chi connectivity index (χ4n) is 6.03. The van der Waals surface area contributed by atoms with Gasteiger partial charge in [0.25, 0.3) is 5.91 Å². The first-order valence-corrected chi connectivity index (χ1v) is 14.7. The number of hydrogen-bond acceptors (Lipinski definition) is 7. The highest BCUT2D eigenvalue weighted by molar-refractivity contribution is 5.96. The monoisotopic (exact) mass is 591 g/mol. The maximum atomic E-state index is 14.1. The van der Waals surface area contributed by atoms with Gasteiger partial charge in [-0.2, -0.15) is 0 Å². The number of amides is 2. The molecule has 1 saturated carbocycles. The van der Waals surface area contributed by atoms with Crippen LogP contribution in [-0.4, -0.2) is 69.4 Å². The fourth-order valence-corrected chi connectivity index (χ4v) is 6.03. The van der Waals surface area contributed by atoms with E-state index < -0.39 is 17.8 Å². The molecule has 2 atom stereocenters. The number of hydrogen-bond donors (Lipinski definition) is 5. The van der Waals surface area contributed by atoms with E-state index in [9.17, 15) is 19.1 Å². The van der Waals surface area contributed by atoms with E-state index in [-0.39, 0.29) is 29.3 Å². The van der Waals surface area contributed by atoms with Crippen molar-refractivity contribution >= 4 is 12.0 Å². The third-order valence-corrected chi connectivity index (χ3v) is 7.95. The van der Waals surface area contributed by atoms with Gasteiger partial charge < -0.3 is 30.9 Å². The van der Waals surface area contributed by atoms with Crippen molar-refractivity contribution in [1.82, 2.24) is 25.8 Å². The lowest BCUT2D eigenvalue weighted by Gasteiger charge is -2.36. The Hall–Kier alpha value is -4.22. The number of ether oxygens (including phenoxy) is 1. The molecule has 43 heavy (non-hydrogen) atoms. The zero-order chi connectivity index (χ0) is 30.5. The number of carbonyl (C=O) groups is 2. The van der Waals surface area contributed by atoms with Crippen molar-refractivity contribution in [2.75, 3.05) is 13.1 Å². The number of carboxylic acid groups (broad SMARTS) is 1. The number of pyridine rings is 1. The molecule has 228 valence electrons. The number of benzene rings is 2. The van der Waals surface area contributed by atoms with E-state index >= 15 is 0 Å². The fraction of sp³-hybridized carbons (Fsp3) is 0.406. The molecular weight excluding hydrogens is 553 g/mol. The summed E-state index contributed by atoms with van der Waals surface area (Å²) in [6, 6.07) is 14.4. The Morgan fingerprint density at radius 1 is 1.00 bits per heavy atom. The number of aromatic hydroxyl groups is 1. The topological polar surface area (TPSA) is 136 Å². The Balaban J connectivity index is 1.26. The average Bonchev–Trinajstić information content (AvgIpc) is 2.95. The van der Waals surface area contributed by atoms with Crippen LogP contribution < -0.4 is 20.7 Å². The molecule has 3 aromatic rings. The summed E-state index contributed by atoms with van der Waals surface area (Å²) < 4.78 is 20.1. The predicted octanol–water partition coefficient (Wildman–Crippen LogP) is 4.88. The summed E-state index contributed by atoms with van der Waals surface area (Å²) in [5.41, 5.74) is 2.42. The number of phenolic OH excluding ortho intramolecular Hbond substituents is 1. The number of nitrogens with one attached hydrogen (secondary N) is 3. The Bertz CT molecular complexity index is 1450. The summed E-state index contributed by atoms with van der Waals surface area (Å²) in [5.74, 6) is -0.592. The molecule has 10 nitrogen and oxygen atoms in total. The van der Waals surface area contributed by atoms with Gasteiger partial charge in [-0.25, -0.2) is 14.2 Å². The van der Waals surface area contributed by atoms with Gasteiger partial charge in [0.2, 0.25) is 5.88 Å². The second-order valence-corrected chi connectivity index (χ2v) is 11.6. The average molecular weight is 592 g/mol. The molecule has 0 unspecified atom stereocenters. The highest BCUT2D eigenvalue weighted by Crippen LogP contribution is 2.32. The van der Waals surface area contributed by atoms with E-state index in [2.05, 4.69) is 39.7 Å². The second-order valence-electron chi connectivity index (χ2n) is 11.6. The second kappa shape index (κ2) is 13.4. The lowest BCUT2D eigenvalue weighted by Crippen LogP contribution is -2.53. The van der Waals surface area contributed by atoms with Gasteiger partial charge in [-0.05, 0) is 74.9 Å². The number of phenols is 1. The summed E-state index contributed by atoms with van der Waals surface area (Å²) in [7, 11) is 0. The number of carbonyl (C=O) groups excluding carboxylic acids is 1. The largest absolute Gasteiger partial charge is 0.508 e. The molecule has 5 N–H and O–H groups in total. The van der Waals surface area contributed by atoms with Crippen LogP contribution in [0.3, 0.4) is 0 Å². The van der Waals surface area contributed by atoms with Crippen LogP contribution in [0.2, 0.25) is 0 Å². The van der Waals surface area contributed by atoms with Crippen molar-refractivity contribution in [1.29, 1.82) is 0 Å². The molecule has 0 bridgehead atoms. The molecule has 2 aromatic carbocycles. The standard InChI is InChI=1S/C32H38FN5O5/c1-19-16-38(17-20(2)35-19)18-23-7-6-22(13-29(23)39)21-4-3-5-27(12-21)43-31-28(14-24(33)15-34-31)30(40)36-25-8-10-26(11-9-25)37-32(41)42/h3-7,12-15,19-20,25-26,35,37,39H,8-11,16-18H2,1-2H3,(H,36,40)(H,41,42)/t19-,20+,25?,26?. The first-order chi connectivity index (χ1) is 20.6. The molecule has 0 spiro atoms. The van der Waals surface area contributed by atoms with Crippen LogP contribution >= 0.6 is 0 Å². The van der Waals surface area contributed by atoms with Crippen molar-refractivity contribution in [3.63, 3.8) is 0 Å². The smallest absolute Gasteiger partial charge is 0.404 e. The van der Waals surface area contributed by atoms with Gasteiger partial charge in [-0.1, -0.05) is 24.3 Å². The summed E-state index contributed by atoms with van der Waals surface area (Å²) in [6.07, 6.45) is 2.32. The van der Waals surface area contributed by atoms with Gasteiger partial charge in [0, 0.05) is 49.4 Å². The zero-order valence-corrected chi connectivity index (χ0v) is 24.3. The lowest BCUT2D eigenvalue weighted by atomic mass is 9.91. The number of rotatable bonds is 8. The lowest BCUT2D eigenvalue weighted by molar-refractivity contribution is 0.0919. The Kier molecular flexibility index (Phi) is 9.42. The summed E-state index contributed by atoms with van der Waals surface area (Å²) >= 11 is 0. The molecule has 1 saturated heterocycles. The first kappa shape index (κ1) is 30.2. The number of piperazine rings is 1. The van der Waals surface area contributed by atoms with Crippen LogP contribution in [0.1, 0.15) is 55.5 Å². The van der Waals surface area contributed by atoms with Crippen LogP contribution in [-0.2, 0) is 6.54 Å². The van der Waals surface area contributed by atoms with Gasteiger partial charge in [-0.3, -0.25) is 9.69 Å². The van der Waals surface area contributed by atoms with Crippen molar-refractivity contribution in [3.05, 3.63) is 71.7 Å². The van der Waals surface area contributed by atoms with Crippen LogP contribution in [0.25, 0.3) is 11.1 Å². The minimum atomic E-state index is -1.06. The van der Waals surface area contributed by atoms with E-state index in [1.165, 1.54) is 0 Å². The normalized spacial score (nSPS) is 22.5. The summed E-state index contributed by atoms with van der Waals surface area (Å²) in [4.78, 5) is 30.4. The SMILES string of the molecule is C[C@@H]1CN(Cc2ccc(-c3cccc(Oc4ncc(F)cc4C(=O)NC4CCC(NC(=O)O)CC4)c3)cc2O)C[C@H](C)N1. The molecule has 1 aliphatic carbocycles. The van der Waals surface area contributed by atoms with Crippen LogP contribution in [0.15, 0.2) is 54.7 Å². The molecule has 2 amide bonds. The van der Waals surface area contributed by atoms with E-state index in [0.717, 1.165) is 42.0 Å². The quantitative estimate of drug-likeness (QED) is 0.250. The molecular formula is C32H38FN5O5. The number of aromatic nitrogens is 1. The highest BCUT2D eigenvalue weighted by Gasteiger charge is 2.26. The molecule has 11 heteroatoms. The molecule has 2 fully saturated rings. The van der Waals surface area contributed by atoms with Gasteiger partial charge in [0.05, 0.1) is 6.20 Å². The molecule has 1 aliphatic heterocycles. The predicted molar refractivity (Wildman–Crippen MR) is 160 cm³/mol. The summed E-state index contributed by atoms with van der Waals surface area (Å²) in [6.45, 7) is 6.80. The van der Waals surface area contributed by atoms with E-state index in [1.54, 1.807) is 24.3 Å². The van der Waals surface area contributed by atoms with Crippen molar-refractivity contribution in [2.45, 2.75) is 70.2 Å². The Morgan fingerprint density at radius 3 is 2.35 bits per heavy atom. The van der Waals surface area contributed by atoms with E-state index in [0.29, 0.717) is 50.1 Å². The third kappa shape index (κ3) is 7.99. The van der Waals surface area contributed by atoms with E-state index in [1.807, 2.05) is 18.2 Å². The summed E-state index contributed by atoms with van der Waals surface area (Å²) in [5, 5.41) is 28.7. The molecule has 5 rings (SSSR count). The van der Waals surface area contributed by atoms with Crippen molar-refractivity contribution < 1.29 is 28.9 Å². The third-order valence-electron chi connectivity index (χ3n) is 7.95. The highest BCUT2D eigenvalue weighted by atomic mass is 19.1. The molecule has 2 aliphatic rings. The Morgan fingerprint density at radius 2 is 1.67 bits per heavy atom. The zero-order valence-electron chi connectivity index (χ0n) is 24.3. The minimum Gasteiger partial charge on any atom is -0.508 e. The van der Waals surface area contributed by atoms with E-state index in [4.69, 9.17) is 9.84 Å². The van der Waals surface area contributed by atoms with Crippen LogP contribution in [0, 0.1) is 5.82 Å². The van der Waals surface area contributed by atoms with Gasteiger partial charge >= 0.3 is 6.09 Å². The first-order valence-electron chi connectivity index (χ1n) is 14.7. The van der Waals surface area contributed by atoms with Gasteiger partial charge in [-0.15, -0.1) is 0 Å². The van der Waals surface area contributed by atoms with Gasteiger partial charge in [0.1, 0.15) is 22.9 Å². The van der Waals surface area contributed by atoms with Crippen LogP contribution in [0.5, 0.6) is 17.4 Å². The molecule has 2 heterocycles.